The minimum Gasteiger partial charge on any atom is -0.455 e. The number of nitrogens with one attached hydrogen (secondary N) is 6. The van der Waals surface area contributed by atoms with Crippen molar-refractivity contribution < 1.29 is 52.9 Å². The summed E-state index contributed by atoms with van der Waals surface area (Å²) in [6.45, 7) is 16.2. The number of pyridine rings is 2. The van der Waals surface area contributed by atoms with Crippen LogP contribution in [-0.4, -0.2) is 128 Å². The summed E-state index contributed by atoms with van der Waals surface area (Å²) in [5.41, 5.74) is 8.56. The number of amides is 6. The summed E-state index contributed by atoms with van der Waals surface area (Å²) in [6.07, 6.45) is 5.59. The molecule has 1 aliphatic carbocycles. The van der Waals surface area contributed by atoms with E-state index in [1.165, 1.54) is 10.0 Å². The number of cyclic esters (lactones) is 2. The Balaban J connectivity index is 1.06. The van der Waals surface area contributed by atoms with E-state index >= 15 is 4.79 Å². The Morgan fingerprint density at radius 2 is 1.24 bits per heavy atom. The standard InChI is InChI=1S/C64H84N10O11/c1-35(2)52-55(76)65-37(5)57(78)73-30-10-12-49(71-73)60(81)85-39(7)54-44(34-43-17-15-40(33-51(43)67-54)22-26-63(8,9)61(82)69-52)19-21-47-58(79)74-31-11-13-48(72-74)59(80)84-38(6)46-20-18-42-16-14-41(32-50(42)66-46)23-27-64(28-24-45(75)25-29-64)62(83)70-53(36(3)4)56(77)68-47/h14-18,20,22,26,32-39,45,47-49,52-53,71-72,75H,10-13,19,21,23-25,27-31H2,1-9H3,(H,65,76)(H,68,77)(H,69,82)(H,70,83)/b26-22+/t37-,38+,39+,45?,47-,48-,49-,52-,53-,64?/m0/s1. The van der Waals surface area contributed by atoms with Crippen molar-refractivity contribution in [3.8, 4) is 0 Å². The molecule has 2 aromatic heterocycles. The third-order valence-electron chi connectivity index (χ3n) is 17.7. The van der Waals surface area contributed by atoms with Crippen LogP contribution in [0.4, 0.5) is 0 Å². The van der Waals surface area contributed by atoms with E-state index in [4.69, 9.17) is 19.4 Å². The van der Waals surface area contributed by atoms with Gasteiger partial charge < -0.3 is 35.8 Å². The predicted molar refractivity (Wildman–Crippen MR) is 318 cm³/mol. The van der Waals surface area contributed by atoms with Crippen molar-refractivity contribution in [3.05, 3.63) is 88.8 Å². The molecule has 1 spiro atoms. The van der Waals surface area contributed by atoms with Gasteiger partial charge in [-0.25, -0.2) is 20.8 Å². The van der Waals surface area contributed by atoms with Gasteiger partial charge in [0, 0.05) is 29.3 Å². The zero-order chi connectivity index (χ0) is 61.1. The van der Waals surface area contributed by atoms with Gasteiger partial charge in [-0.3, -0.25) is 48.4 Å². The SMILES string of the molecule is CC(C)[C@@H]1NC(=O)C(C)(C)/C=C/c2ccc3cc(CC[C@@H]4NC(=O)[C@H](C(C)C)NC(=O)C5(CCc6ccc7ccc(nc7c6)[C@@H](C)OC(=O)[C@@H]6CCCN(N6)C4=O)CCC(O)CC5)c(nc3c2)[C@@H](C)OC(=O)[C@@H]2CCCN(N2)C(=O)[C@H](C)NC1=O. The number of aryl methyl sites for hydroxylation is 2. The number of nitrogens with zero attached hydrogens (tertiary/aromatic N) is 4. The van der Waals surface area contributed by atoms with Gasteiger partial charge in [0.05, 0.1) is 33.9 Å². The maximum Gasteiger partial charge on any atom is 0.325 e. The Morgan fingerprint density at radius 3 is 1.89 bits per heavy atom. The molecule has 1 saturated carbocycles. The highest BCUT2D eigenvalue weighted by molar-refractivity contribution is 5.95. The first-order valence-corrected chi connectivity index (χ1v) is 30.4. The minimum atomic E-state index is -1.23. The van der Waals surface area contributed by atoms with Crippen molar-refractivity contribution in [2.75, 3.05) is 13.1 Å². The number of fused-ring (bicyclic) bond motifs is 8. The second-order valence-corrected chi connectivity index (χ2v) is 25.3. The highest BCUT2D eigenvalue weighted by Gasteiger charge is 2.44. The van der Waals surface area contributed by atoms with Gasteiger partial charge in [0.25, 0.3) is 11.8 Å². The number of aromatic nitrogens is 2. The van der Waals surface area contributed by atoms with E-state index in [9.17, 15) is 38.7 Å². The summed E-state index contributed by atoms with van der Waals surface area (Å²) in [5, 5.41) is 26.8. The summed E-state index contributed by atoms with van der Waals surface area (Å²) < 4.78 is 12.3. The molecule has 7 N–H and O–H groups in total. The molecule has 6 heterocycles. The van der Waals surface area contributed by atoms with Gasteiger partial charge >= 0.3 is 11.9 Å². The van der Waals surface area contributed by atoms with Crippen molar-refractivity contribution in [1.82, 2.24) is 52.1 Å². The smallest absolute Gasteiger partial charge is 0.325 e. The maximum absolute atomic E-state index is 15.2. The zero-order valence-corrected chi connectivity index (χ0v) is 50.4. The monoisotopic (exact) mass is 1170 g/mol. The Bertz CT molecular complexity index is 3250. The molecule has 9 rings (SSSR count). The lowest BCUT2D eigenvalue weighted by Crippen LogP contribution is -2.62. The quantitative estimate of drug-likeness (QED) is 0.116. The largest absolute Gasteiger partial charge is 0.455 e. The number of rotatable bonds is 5. The van der Waals surface area contributed by atoms with Gasteiger partial charge in [-0.1, -0.05) is 70.2 Å². The van der Waals surface area contributed by atoms with Crippen LogP contribution in [0.1, 0.15) is 167 Å². The molecular weight excluding hydrogens is 1080 g/mol. The van der Waals surface area contributed by atoms with Crippen LogP contribution in [0, 0.1) is 22.7 Å². The zero-order valence-electron chi connectivity index (χ0n) is 50.4. The highest BCUT2D eigenvalue weighted by Crippen LogP contribution is 2.41. The third kappa shape index (κ3) is 14.3. The summed E-state index contributed by atoms with van der Waals surface area (Å²) in [5.74, 6) is -4.78. The first-order chi connectivity index (χ1) is 40.4. The van der Waals surface area contributed by atoms with E-state index < -0.39 is 113 Å². The molecule has 21 heteroatoms. The van der Waals surface area contributed by atoms with Gasteiger partial charge in [0.1, 0.15) is 48.5 Å². The van der Waals surface area contributed by atoms with Crippen molar-refractivity contribution >= 4 is 75.3 Å². The third-order valence-corrected chi connectivity index (χ3v) is 17.7. The lowest BCUT2D eigenvalue weighted by molar-refractivity contribution is -0.158. The van der Waals surface area contributed by atoms with Crippen LogP contribution in [0.3, 0.4) is 0 Å². The number of hydrazine groups is 2. The van der Waals surface area contributed by atoms with Gasteiger partial charge in [-0.05, 0) is 164 Å². The van der Waals surface area contributed by atoms with Crippen LogP contribution in [0.5, 0.6) is 0 Å². The fourth-order valence-electron chi connectivity index (χ4n) is 12.1. The molecule has 21 nitrogen and oxygen atoms in total. The van der Waals surface area contributed by atoms with Crippen LogP contribution < -0.4 is 32.1 Å². The van der Waals surface area contributed by atoms with Crippen molar-refractivity contribution in [3.63, 3.8) is 0 Å². The molecule has 0 unspecified atom stereocenters. The normalized spacial score (nSPS) is 29.3. The molecule has 0 radical (unpaired) electrons. The number of hydrogen-bond acceptors (Lipinski definition) is 15. The summed E-state index contributed by atoms with van der Waals surface area (Å²) >= 11 is 0. The van der Waals surface area contributed by atoms with Crippen molar-refractivity contribution in [2.24, 2.45) is 22.7 Å². The summed E-state index contributed by atoms with van der Waals surface area (Å²) in [7, 11) is 0. The first kappa shape index (κ1) is 62.2. The van der Waals surface area contributed by atoms with Crippen LogP contribution in [-0.2, 0) is 60.7 Å². The molecule has 2 aromatic carbocycles. The second kappa shape index (κ2) is 26.1. The Hall–Kier alpha value is -7.36. The molecule has 5 aliphatic rings. The number of hydrogen-bond donors (Lipinski definition) is 7. The highest BCUT2D eigenvalue weighted by atomic mass is 16.5. The number of esters is 2. The average Bonchev–Trinajstić information content (AvgIpc) is 3.67. The lowest BCUT2D eigenvalue weighted by Gasteiger charge is -2.39. The molecule has 8 atom stereocenters. The minimum absolute atomic E-state index is 0.00538. The molecule has 4 aliphatic heterocycles. The lowest BCUT2D eigenvalue weighted by atomic mass is 9.69. The number of carbonyl (C=O) groups excluding carboxylic acids is 8. The molecule has 4 aromatic rings. The Kier molecular flexibility index (Phi) is 19.1. The fraction of sp³-hybridized carbons (Fsp3) is 0.562. The molecular formula is C64H84N10O11. The predicted octanol–water partition coefficient (Wildman–Crippen LogP) is 5.81. The van der Waals surface area contributed by atoms with Gasteiger partial charge in [-0.15, -0.1) is 0 Å². The number of aliphatic hydroxyl groups excluding tert-OH is 1. The molecule has 3 fully saturated rings. The average molecular weight is 1170 g/mol. The Labute approximate surface area is 496 Å². The van der Waals surface area contributed by atoms with Crippen molar-refractivity contribution in [2.45, 2.75) is 194 Å². The number of benzene rings is 2. The number of aliphatic hydroxyl groups is 1. The van der Waals surface area contributed by atoms with Crippen LogP contribution >= 0.6 is 0 Å². The molecule has 85 heavy (non-hydrogen) atoms. The van der Waals surface area contributed by atoms with Crippen LogP contribution in [0.25, 0.3) is 27.9 Å². The van der Waals surface area contributed by atoms with E-state index in [0.29, 0.717) is 103 Å². The van der Waals surface area contributed by atoms with E-state index in [0.717, 1.165) is 10.9 Å². The Morgan fingerprint density at radius 1 is 0.647 bits per heavy atom. The number of carbonyl (C=O) groups is 8. The van der Waals surface area contributed by atoms with E-state index in [1.807, 2.05) is 68.4 Å². The van der Waals surface area contributed by atoms with Gasteiger partial charge in [0.2, 0.25) is 23.6 Å². The first-order valence-electron chi connectivity index (χ1n) is 30.4. The topological polar surface area (TPSA) is 280 Å². The second-order valence-electron chi connectivity index (χ2n) is 25.3. The fourth-order valence-corrected chi connectivity index (χ4v) is 12.1. The van der Waals surface area contributed by atoms with Gasteiger partial charge in [0.15, 0.2) is 0 Å². The van der Waals surface area contributed by atoms with Gasteiger partial charge in [-0.2, -0.15) is 0 Å². The maximum atomic E-state index is 15.2. The summed E-state index contributed by atoms with van der Waals surface area (Å²) in [4.78, 5) is 125. The van der Waals surface area contributed by atoms with E-state index in [2.05, 4.69) is 32.1 Å². The number of ether oxygens (including phenoxy) is 2. The summed E-state index contributed by atoms with van der Waals surface area (Å²) in [6, 6.07) is 11.1. The van der Waals surface area contributed by atoms with E-state index in [-0.39, 0.29) is 37.8 Å². The molecule has 6 amide bonds. The van der Waals surface area contributed by atoms with Crippen molar-refractivity contribution in [1.29, 1.82) is 0 Å². The molecule has 456 valence electrons. The van der Waals surface area contributed by atoms with Crippen LogP contribution in [0.2, 0.25) is 0 Å². The van der Waals surface area contributed by atoms with E-state index in [1.54, 1.807) is 60.6 Å². The molecule has 2 saturated heterocycles. The molecule has 10 bridgehead atoms. The van der Waals surface area contributed by atoms with Crippen LogP contribution in [0.15, 0.2) is 60.7 Å².